The largest absolute Gasteiger partial charge is 0.294 e. The molecule has 0 aliphatic heterocycles. The molecule has 0 atom stereocenters. The van der Waals surface area contributed by atoms with Crippen LogP contribution < -0.4 is 5.43 Å². The highest BCUT2D eigenvalue weighted by molar-refractivity contribution is 5.91. The average Bonchev–Trinajstić information content (AvgIpc) is 2.82. The molecule has 2 aromatic heterocycles. The van der Waals surface area contributed by atoms with E-state index in [1.165, 1.54) is 22.2 Å². The topological polar surface area (TPSA) is 29.9 Å². The Kier molecular flexibility index (Phi) is 3.73. The number of rotatable bonds is 5. The summed E-state index contributed by atoms with van der Waals surface area (Å²) in [4.78, 5) is 4.06. The lowest BCUT2D eigenvalue weighted by Gasteiger charge is -2.13. The number of benzene rings is 1. The Morgan fingerprint density at radius 1 is 1.19 bits per heavy atom. The quantitative estimate of drug-likeness (QED) is 0.743. The van der Waals surface area contributed by atoms with Crippen LogP contribution in [0.3, 0.4) is 0 Å². The first-order chi connectivity index (χ1) is 10.3. The molecule has 0 bridgehead atoms. The predicted octanol–water partition coefficient (Wildman–Crippen LogP) is 4.51. The number of nitrogens with one attached hydrogen (secondary N) is 1. The molecule has 0 fully saturated rings. The maximum Gasteiger partial charge on any atom is 0.0705 e. The van der Waals surface area contributed by atoms with Crippen LogP contribution in [0.2, 0.25) is 0 Å². The SMILES string of the molecule is C=Cc1c(CCC)n(Nc2ccncc2)c2ccccc12. The van der Waals surface area contributed by atoms with Crippen molar-refractivity contribution < 1.29 is 0 Å². The van der Waals surface area contributed by atoms with Crippen molar-refractivity contribution in [3.05, 3.63) is 66.6 Å². The number of pyridine rings is 1. The van der Waals surface area contributed by atoms with Crippen molar-refractivity contribution in [2.75, 3.05) is 5.43 Å². The minimum absolute atomic E-state index is 1.01. The van der Waals surface area contributed by atoms with Gasteiger partial charge in [-0.1, -0.05) is 44.2 Å². The first-order valence-electron chi connectivity index (χ1n) is 7.27. The van der Waals surface area contributed by atoms with E-state index in [2.05, 4.69) is 52.9 Å². The number of aromatic nitrogens is 2. The van der Waals surface area contributed by atoms with Crippen LogP contribution in [0.5, 0.6) is 0 Å². The van der Waals surface area contributed by atoms with Crippen LogP contribution in [0, 0.1) is 0 Å². The van der Waals surface area contributed by atoms with Gasteiger partial charge in [-0.3, -0.25) is 15.1 Å². The molecule has 0 amide bonds. The lowest BCUT2D eigenvalue weighted by Crippen LogP contribution is -2.12. The Hall–Kier alpha value is -2.55. The van der Waals surface area contributed by atoms with E-state index in [0.717, 1.165) is 18.5 Å². The monoisotopic (exact) mass is 277 g/mol. The number of hydrogen-bond donors (Lipinski definition) is 1. The van der Waals surface area contributed by atoms with Crippen molar-refractivity contribution in [1.29, 1.82) is 0 Å². The van der Waals surface area contributed by atoms with Gasteiger partial charge < -0.3 is 0 Å². The summed E-state index contributed by atoms with van der Waals surface area (Å²) in [6.45, 7) is 6.19. The molecule has 0 spiro atoms. The van der Waals surface area contributed by atoms with E-state index in [9.17, 15) is 0 Å². The maximum atomic E-state index is 4.06. The van der Waals surface area contributed by atoms with Crippen LogP contribution in [0.25, 0.3) is 17.0 Å². The smallest absolute Gasteiger partial charge is 0.0705 e. The van der Waals surface area contributed by atoms with Gasteiger partial charge in [-0.15, -0.1) is 0 Å². The summed E-state index contributed by atoms with van der Waals surface area (Å²) in [5.41, 5.74) is 8.17. The molecule has 3 heteroatoms. The molecule has 0 unspecified atom stereocenters. The Labute approximate surface area is 124 Å². The number of para-hydroxylation sites is 1. The Morgan fingerprint density at radius 2 is 1.95 bits per heavy atom. The van der Waals surface area contributed by atoms with E-state index in [0.29, 0.717) is 0 Å². The fourth-order valence-electron chi connectivity index (χ4n) is 2.71. The molecule has 1 aromatic carbocycles. The van der Waals surface area contributed by atoms with Gasteiger partial charge in [0.15, 0.2) is 0 Å². The minimum Gasteiger partial charge on any atom is -0.294 e. The lowest BCUT2D eigenvalue weighted by molar-refractivity contribution is 0.821. The summed E-state index contributed by atoms with van der Waals surface area (Å²) in [5, 5.41) is 1.23. The van der Waals surface area contributed by atoms with Crippen molar-refractivity contribution >= 4 is 22.7 Å². The van der Waals surface area contributed by atoms with Gasteiger partial charge in [-0.2, -0.15) is 0 Å². The zero-order chi connectivity index (χ0) is 14.7. The second-order valence-electron chi connectivity index (χ2n) is 5.01. The van der Waals surface area contributed by atoms with Crippen LogP contribution in [0.4, 0.5) is 5.69 Å². The molecule has 2 heterocycles. The third kappa shape index (κ3) is 2.42. The third-order valence-corrected chi connectivity index (χ3v) is 3.63. The van der Waals surface area contributed by atoms with E-state index >= 15 is 0 Å². The number of fused-ring (bicyclic) bond motifs is 1. The number of nitrogens with zero attached hydrogens (tertiary/aromatic N) is 2. The minimum atomic E-state index is 1.01. The Balaban J connectivity index is 2.19. The van der Waals surface area contributed by atoms with Crippen molar-refractivity contribution in [2.45, 2.75) is 19.8 Å². The van der Waals surface area contributed by atoms with Crippen LogP contribution in [0.1, 0.15) is 24.6 Å². The normalized spacial score (nSPS) is 10.7. The molecule has 0 aliphatic rings. The molecule has 0 saturated carbocycles. The number of hydrogen-bond acceptors (Lipinski definition) is 2. The highest BCUT2D eigenvalue weighted by atomic mass is 15.4. The van der Waals surface area contributed by atoms with E-state index in [-0.39, 0.29) is 0 Å². The molecule has 3 rings (SSSR count). The van der Waals surface area contributed by atoms with Gasteiger partial charge in [0.2, 0.25) is 0 Å². The van der Waals surface area contributed by atoms with Crippen LogP contribution >= 0.6 is 0 Å². The summed E-state index contributed by atoms with van der Waals surface area (Å²) < 4.78 is 2.17. The Bertz CT molecular complexity index is 757. The summed E-state index contributed by atoms with van der Waals surface area (Å²) in [5.74, 6) is 0. The molecule has 0 aliphatic carbocycles. The fourth-order valence-corrected chi connectivity index (χ4v) is 2.71. The fraction of sp³-hybridized carbons (Fsp3) is 0.167. The van der Waals surface area contributed by atoms with E-state index in [1.807, 2.05) is 18.2 Å². The first-order valence-corrected chi connectivity index (χ1v) is 7.27. The zero-order valence-corrected chi connectivity index (χ0v) is 12.2. The second-order valence-corrected chi connectivity index (χ2v) is 5.01. The van der Waals surface area contributed by atoms with Gasteiger partial charge in [0.1, 0.15) is 0 Å². The molecule has 1 N–H and O–H groups in total. The molecule has 106 valence electrons. The maximum absolute atomic E-state index is 4.06. The van der Waals surface area contributed by atoms with Crippen LogP contribution in [-0.2, 0) is 6.42 Å². The van der Waals surface area contributed by atoms with Crippen molar-refractivity contribution in [3.8, 4) is 0 Å². The summed E-state index contributed by atoms with van der Waals surface area (Å²) >= 11 is 0. The van der Waals surface area contributed by atoms with Crippen molar-refractivity contribution in [2.24, 2.45) is 0 Å². The lowest BCUT2D eigenvalue weighted by atomic mass is 10.1. The molecular formula is C18H19N3. The van der Waals surface area contributed by atoms with Crippen molar-refractivity contribution in [3.63, 3.8) is 0 Å². The molecular weight excluding hydrogens is 258 g/mol. The summed E-state index contributed by atoms with van der Waals surface area (Å²) in [6, 6.07) is 12.4. The average molecular weight is 277 g/mol. The molecule has 0 saturated heterocycles. The van der Waals surface area contributed by atoms with Gasteiger partial charge in [-0.25, -0.2) is 0 Å². The van der Waals surface area contributed by atoms with E-state index < -0.39 is 0 Å². The van der Waals surface area contributed by atoms with E-state index in [1.54, 1.807) is 12.4 Å². The van der Waals surface area contributed by atoms with Gasteiger partial charge in [-0.05, 0) is 24.6 Å². The molecule has 21 heavy (non-hydrogen) atoms. The Morgan fingerprint density at radius 3 is 2.67 bits per heavy atom. The first kappa shape index (κ1) is 13.4. The second kappa shape index (κ2) is 5.83. The summed E-state index contributed by atoms with van der Waals surface area (Å²) in [6.07, 6.45) is 7.64. The van der Waals surface area contributed by atoms with Crippen molar-refractivity contribution in [1.82, 2.24) is 9.66 Å². The van der Waals surface area contributed by atoms with Gasteiger partial charge in [0.25, 0.3) is 0 Å². The molecule has 3 aromatic rings. The standard InChI is InChI=1S/C18H19N3/c1-3-7-17-15(4-2)16-8-5-6-9-18(16)21(17)20-14-10-12-19-13-11-14/h4-6,8-13H,2-3,7H2,1H3,(H,19,20). The van der Waals surface area contributed by atoms with Crippen LogP contribution in [-0.4, -0.2) is 9.66 Å². The summed E-state index contributed by atoms with van der Waals surface area (Å²) in [7, 11) is 0. The third-order valence-electron chi connectivity index (χ3n) is 3.63. The highest BCUT2D eigenvalue weighted by Gasteiger charge is 2.14. The highest BCUT2D eigenvalue weighted by Crippen LogP contribution is 2.28. The van der Waals surface area contributed by atoms with Crippen LogP contribution in [0.15, 0.2) is 55.4 Å². The zero-order valence-electron chi connectivity index (χ0n) is 12.2. The van der Waals surface area contributed by atoms with Gasteiger partial charge in [0.05, 0.1) is 11.2 Å². The molecule has 0 radical (unpaired) electrons. The van der Waals surface area contributed by atoms with E-state index in [4.69, 9.17) is 0 Å². The number of anilines is 1. The molecule has 3 nitrogen and oxygen atoms in total. The predicted molar refractivity (Wildman–Crippen MR) is 89.3 cm³/mol. The van der Waals surface area contributed by atoms with Gasteiger partial charge in [0, 0.05) is 29.0 Å². The van der Waals surface area contributed by atoms with Gasteiger partial charge >= 0.3 is 0 Å².